The number of amides is 1. The van der Waals surface area contributed by atoms with E-state index in [0.717, 1.165) is 32.1 Å². The van der Waals surface area contributed by atoms with E-state index in [-0.39, 0.29) is 23.5 Å². The number of rotatable bonds is 7. The number of likely N-dealkylation sites (N-methyl/N-ethyl adjacent to an activating group) is 1. The molecule has 1 amide bonds. The monoisotopic (exact) mass is 405 g/mol. The SMILES string of the molecule is CN1C(=O)[C@@](CCc2ccccc2)(C[C@H]2CCCC(CS(C)(=O)=O)C2)N=C1N. The number of guanidine groups is 1. The van der Waals surface area contributed by atoms with Gasteiger partial charge in [-0.05, 0) is 49.5 Å². The molecule has 1 aliphatic carbocycles. The molecule has 7 heteroatoms. The van der Waals surface area contributed by atoms with Crippen LogP contribution in [0.4, 0.5) is 0 Å². The molecule has 0 radical (unpaired) electrons. The van der Waals surface area contributed by atoms with Crippen molar-refractivity contribution in [3.05, 3.63) is 35.9 Å². The summed E-state index contributed by atoms with van der Waals surface area (Å²) in [6.07, 6.45) is 7.13. The molecule has 1 heterocycles. The number of carbonyl (C=O) groups excluding carboxylic acids is 1. The number of aryl methyl sites for hydroxylation is 1. The standard InChI is InChI=1S/C21H31N3O3S/c1-24-19(25)21(23-20(24)22,12-11-16-7-4-3-5-8-16)14-17-9-6-10-18(13-17)15-28(2,26)27/h3-5,7-8,17-18H,6,9-15H2,1-2H3,(H2,22,23)/t17-,18?,21+/m0/s1. The van der Waals surface area contributed by atoms with Crippen LogP contribution in [0.1, 0.15) is 44.1 Å². The van der Waals surface area contributed by atoms with Crippen LogP contribution in [0.15, 0.2) is 35.3 Å². The van der Waals surface area contributed by atoms with Gasteiger partial charge in [-0.1, -0.05) is 43.2 Å². The molecule has 3 atom stereocenters. The van der Waals surface area contributed by atoms with E-state index in [9.17, 15) is 13.2 Å². The number of nitrogens with two attached hydrogens (primary N) is 1. The van der Waals surface area contributed by atoms with Crippen molar-refractivity contribution in [1.82, 2.24) is 4.90 Å². The maximum atomic E-state index is 13.1. The molecule has 1 aliphatic heterocycles. The number of benzene rings is 1. The van der Waals surface area contributed by atoms with Crippen molar-refractivity contribution in [2.75, 3.05) is 19.1 Å². The zero-order valence-corrected chi connectivity index (χ0v) is 17.6. The largest absolute Gasteiger partial charge is 0.369 e. The van der Waals surface area contributed by atoms with Crippen LogP contribution in [0.3, 0.4) is 0 Å². The van der Waals surface area contributed by atoms with Gasteiger partial charge in [0.05, 0.1) is 5.75 Å². The van der Waals surface area contributed by atoms with Crippen molar-refractivity contribution in [3.63, 3.8) is 0 Å². The minimum Gasteiger partial charge on any atom is -0.369 e. The first-order valence-corrected chi connectivity index (χ1v) is 12.1. The highest BCUT2D eigenvalue weighted by atomic mass is 32.2. The molecular formula is C21H31N3O3S. The summed E-state index contributed by atoms with van der Waals surface area (Å²) in [7, 11) is -1.31. The van der Waals surface area contributed by atoms with Gasteiger partial charge in [-0.3, -0.25) is 9.69 Å². The van der Waals surface area contributed by atoms with Crippen LogP contribution in [-0.4, -0.2) is 49.8 Å². The first-order chi connectivity index (χ1) is 13.2. The molecule has 0 spiro atoms. The van der Waals surface area contributed by atoms with E-state index in [1.165, 1.54) is 16.7 Å². The van der Waals surface area contributed by atoms with Gasteiger partial charge in [0, 0.05) is 13.3 Å². The van der Waals surface area contributed by atoms with Crippen LogP contribution < -0.4 is 5.73 Å². The zero-order chi connectivity index (χ0) is 20.4. The van der Waals surface area contributed by atoms with Crippen LogP contribution in [0.2, 0.25) is 0 Å². The minimum absolute atomic E-state index is 0.0360. The van der Waals surface area contributed by atoms with Gasteiger partial charge >= 0.3 is 0 Å². The third-order valence-corrected chi connectivity index (χ3v) is 7.18. The number of hydrogen-bond acceptors (Lipinski definition) is 5. The fraction of sp³-hybridized carbons (Fsp3) is 0.619. The Labute approximate surface area is 168 Å². The second-order valence-corrected chi connectivity index (χ2v) is 10.7. The Morgan fingerprint density at radius 3 is 2.50 bits per heavy atom. The second-order valence-electron chi connectivity index (χ2n) is 8.55. The van der Waals surface area contributed by atoms with Crippen LogP contribution in [-0.2, 0) is 21.1 Å². The molecule has 1 fully saturated rings. The zero-order valence-electron chi connectivity index (χ0n) is 16.8. The molecule has 1 aromatic rings. The molecule has 0 aromatic heterocycles. The van der Waals surface area contributed by atoms with Crippen molar-refractivity contribution in [3.8, 4) is 0 Å². The Bertz CT molecular complexity index is 838. The molecule has 1 unspecified atom stereocenters. The lowest BCUT2D eigenvalue weighted by Gasteiger charge is -2.34. The van der Waals surface area contributed by atoms with Crippen molar-refractivity contribution in [2.24, 2.45) is 22.6 Å². The molecule has 1 saturated carbocycles. The van der Waals surface area contributed by atoms with Gasteiger partial charge in [0.1, 0.15) is 15.4 Å². The molecular weight excluding hydrogens is 374 g/mol. The van der Waals surface area contributed by atoms with E-state index in [1.807, 2.05) is 18.2 Å². The molecule has 6 nitrogen and oxygen atoms in total. The number of nitrogens with zero attached hydrogens (tertiary/aromatic N) is 2. The fourth-order valence-corrected chi connectivity index (χ4v) is 5.96. The summed E-state index contributed by atoms with van der Waals surface area (Å²) in [5.41, 5.74) is 6.36. The number of sulfone groups is 1. The quantitative estimate of drug-likeness (QED) is 0.754. The van der Waals surface area contributed by atoms with Crippen molar-refractivity contribution < 1.29 is 13.2 Å². The molecule has 2 aliphatic rings. The molecule has 3 rings (SSSR count). The third-order valence-electron chi connectivity index (χ3n) is 6.10. The van der Waals surface area contributed by atoms with E-state index in [2.05, 4.69) is 17.1 Å². The molecule has 1 aromatic carbocycles. The predicted molar refractivity (Wildman–Crippen MR) is 112 cm³/mol. The highest BCUT2D eigenvalue weighted by molar-refractivity contribution is 7.90. The summed E-state index contributed by atoms with van der Waals surface area (Å²) >= 11 is 0. The maximum absolute atomic E-state index is 13.1. The first-order valence-electron chi connectivity index (χ1n) is 10.0. The van der Waals surface area contributed by atoms with Gasteiger partial charge < -0.3 is 5.73 Å². The lowest BCUT2D eigenvalue weighted by Crippen LogP contribution is -2.44. The fourth-order valence-electron chi connectivity index (χ4n) is 4.80. The minimum atomic E-state index is -2.99. The van der Waals surface area contributed by atoms with Crippen LogP contribution in [0, 0.1) is 11.8 Å². The number of aliphatic imine (C=N–C) groups is 1. The smallest absolute Gasteiger partial charge is 0.257 e. The third kappa shape index (κ3) is 4.93. The summed E-state index contributed by atoms with van der Waals surface area (Å²) in [5.74, 6) is 0.950. The molecule has 2 N–H and O–H groups in total. The van der Waals surface area contributed by atoms with Gasteiger partial charge in [-0.25, -0.2) is 13.4 Å². The Balaban J connectivity index is 1.75. The Morgan fingerprint density at radius 2 is 1.89 bits per heavy atom. The number of hydrogen-bond donors (Lipinski definition) is 1. The van der Waals surface area contributed by atoms with E-state index < -0.39 is 15.4 Å². The molecule has 0 bridgehead atoms. The van der Waals surface area contributed by atoms with Crippen molar-refractivity contribution in [2.45, 2.75) is 50.5 Å². The van der Waals surface area contributed by atoms with Crippen LogP contribution >= 0.6 is 0 Å². The first kappa shape index (κ1) is 20.8. The summed E-state index contributed by atoms with van der Waals surface area (Å²) < 4.78 is 23.4. The van der Waals surface area contributed by atoms with E-state index in [1.54, 1.807) is 7.05 Å². The summed E-state index contributed by atoms with van der Waals surface area (Å²) in [5, 5.41) is 0. The maximum Gasteiger partial charge on any atom is 0.257 e. The summed E-state index contributed by atoms with van der Waals surface area (Å²) in [6.45, 7) is 0. The second kappa shape index (κ2) is 8.23. The van der Waals surface area contributed by atoms with Crippen molar-refractivity contribution in [1.29, 1.82) is 0 Å². The van der Waals surface area contributed by atoms with E-state index in [4.69, 9.17) is 5.73 Å². The highest BCUT2D eigenvalue weighted by Gasteiger charge is 2.47. The van der Waals surface area contributed by atoms with Gasteiger partial charge in [0.2, 0.25) is 0 Å². The summed E-state index contributed by atoms with van der Waals surface area (Å²) in [6, 6.07) is 10.1. The van der Waals surface area contributed by atoms with E-state index >= 15 is 0 Å². The van der Waals surface area contributed by atoms with Crippen LogP contribution in [0.25, 0.3) is 0 Å². The lowest BCUT2D eigenvalue weighted by molar-refractivity contribution is -0.131. The Hall–Kier alpha value is -1.89. The topological polar surface area (TPSA) is 92.8 Å². The average Bonchev–Trinajstić information content (AvgIpc) is 2.84. The van der Waals surface area contributed by atoms with E-state index in [0.29, 0.717) is 18.8 Å². The summed E-state index contributed by atoms with van der Waals surface area (Å²) in [4.78, 5) is 19.2. The van der Waals surface area contributed by atoms with Gasteiger partial charge in [0.25, 0.3) is 5.91 Å². The Kier molecular flexibility index (Phi) is 6.12. The number of carbonyl (C=O) groups is 1. The van der Waals surface area contributed by atoms with Gasteiger partial charge in [0.15, 0.2) is 5.96 Å². The normalized spacial score (nSPS) is 28.4. The molecule has 28 heavy (non-hydrogen) atoms. The van der Waals surface area contributed by atoms with Crippen molar-refractivity contribution >= 4 is 21.7 Å². The molecule has 154 valence electrons. The lowest BCUT2D eigenvalue weighted by atomic mass is 9.74. The Morgan fingerprint density at radius 1 is 1.21 bits per heavy atom. The average molecular weight is 406 g/mol. The van der Waals surface area contributed by atoms with Gasteiger partial charge in [-0.2, -0.15) is 0 Å². The predicted octanol–water partition coefficient (Wildman–Crippen LogP) is 2.39. The highest BCUT2D eigenvalue weighted by Crippen LogP contribution is 2.40. The molecule has 0 saturated heterocycles. The van der Waals surface area contributed by atoms with Gasteiger partial charge in [-0.15, -0.1) is 0 Å². The van der Waals surface area contributed by atoms with Crippen LogP contribution in [0.5, 0.6) is 0 Å².